The minimum Gasteiger partial charge on any atom is -0.383 e. The van der Waals surface area contributed by atoms with Gasteiger partial charge in [0.05, 0.1) is 6.42 Å². The lowest BCUT2D eigenvalue weighted by Gasteiger charge is -2.20. The number of nitrogen functional groups attached to an aromatic ring is 1. The Bertz CT molecular complexity index is 619. The van der Waals surface area contributed by atoms with E-state index >= 15 is 0 Å². The van der Waals surface area contributed by atoms with Gasteiger partial charge < -0.3 is 11.1 Å². The Labute approximate surface area is 119 Å². The summed E-state index contributed by atoms with van der Waals surface area (Å²) in [5.41, 5.74) is 4.25. The molecule has 0 spiro atoms. The van der Waals surface area contributed by atoms with Gasteiger partial charge in [-0.15, -0.1) is 0 Å². The maximum Gasteiger partial charge on any atom is 0.391 e. The summed E-state index contributed by atoms with van der Waals surface area (Å²) < 4.78 is 39.0. The maximum atomic E-state index is 12.3. The van der Waals surface area contributed by atoms with Gasteiger partial charge in [0.25, 0.3) is 5.56 Å². The van der Waals surface area contributed by atoms with E-state index in [0.29, 0.717) is 6.42 Å². The third kappa shape index (κ3) is 4.02. The van der Waals surface area contributed by atoms with Crippen molar-refractivity contribution in [2.75, 3.05) is 11.1 Å². The molecule has 21 heavy (non-hydrogen) atoms. The van der Waals surface area contributed by atoms with Gasteiger partial charge in [0.2, 0.25) is 0 Å². The van der Waals surface area contributed by atoms with Crippen molar-refractivity contribution in [2.45, 2.75) is 45.5 Å². The van der Waals surface area contributed by atoms with Crippen molar-refractivity contribution in [1.82, 2.24) is 9.13 Å². The normalized spacial score (nSPS) is 13.2. The van der Waals surface area contributed by atoms with Crippen molar-refractivity contribution in [1.29, 1.82) is 0 Å². The molecular weight excluding hydrogens is 289 g/mol. The van der Waals surface area contributed by atoms with Gasteiger partial charge in [-0.1, -0.05) is 6.92 Å². The van der Waals surface area contributed by atoms with Crippen LogP contribution in [0.2, 0.25) is 0 Å². The first-order valence-corrected chi connectivity index (χ1v) is 6.51. The van der Waals surface area contributed by atoms with Gasteiger partial charge in [0.1, 0.15) is 11.5 Å². The van der Waals surface area contributed by atoms with Gasteiger partial charge >= 0.3 is 11.9 Å². The molecule has 1 aromatic heterocycles. The van der Waals surface area contributed by atoms with Gasteiger partial charge in [-0.25, -0.2) is 4.79 Å². The largest absolute Gasteiger partial charge is 0.391 e. The molecule has 0 saturated carbocycles. The van der Waals surface area contributed by atoms with E-state index in [9.17, 15) is 22.8 Å². The van der Waals surface area contributed by atoms with Crippen molar-refractivity contribution in [2.24, 2.45) is 7.05 Å². The summed E-state index contributed by atoms with van der Waals surface area (Å²) in [6, 6.07) is -1.03. The first-order chi connectivity index (χ1) is 9.58. The van der Waals surface area contributed by atoms with Crippen LogP contribution in [-0.4, -0.2) is 21.4 Å². The van der Waals surface area contributed by atoms with Crippen molar-refractivity contribution < 1.29 is 13.2 Å². The van der Waals surface area contributed by atoms with Gasteiger partial charge in [-0.05, 0) is 13.3 Å². The summed E-state index contributed by atoms with van der Waals surface area (Å²) in [4.78, 5) is 23.9. The molecular formula is C12H19F3N4O2. The van der Waals surface area contributed by atoms with Gasteiger partial charge in [-0.3, -0.25) is 13.9 Å². The predicted molar refractivity (Wildman–Crippen MR) is 74.4 cm³/mol. The minimum absolute atomic E-state index is 0.140. The van der Waals surface area contributed by atoms with E-state index in [-0.39, 0.29) is 18.1 Å². The zero-order chi connectivity index (χ0) is 16.4. The molecule has 0 saturated heterocycles. The molecule has 0 aromatic carbocycles. The van der Waals surface area contributed by atoms with Crippen LogP contribution in [0.1, 0.15) is 26.7 Å². The monoisotopic (exact) mass is 308 g/mol. The Balaban J connectivity index is 3.24. The fourth-order valence-corrected chi connectivity index (χ4v) is 2.00. The Morgan fingerprint density at radius 1 is 1.33 bits per heavy atom. The van der Waals surface area contributed by atoms with Crippen LogP contribution >= 0.6 is 0 Å². The average molecular weight is 308 g/mol. The van der Waals surface area contributed by atoms with E-state index in [2.05, 4.69) is 5.32 Å². The second-order valence-corrected chi connectivity index (χ2v) is 4.92. The fraction of sp³-hybridized carbons (Fsp3) is 0.667. The number of hydrogen-bond donors (Lipinski definition) is 2. The molecule has 1 unspecified atom stereocenters. The molecule has 0 aliphatic carbocycles. The number of nitrogens with zero attached hydrogens (tertiary/aromatic N) is 2. The smallest absolute Gasteiger partial charge is 0.383 e. The number of hydrogen-bond acceptors (Lipinski definition) is 4. The number of rotatable bonds is 5. The lowest BCUT2D eigenvalue weighted by atomic mass is 10.2. The van der Waals surface area contributed by atoms with Crippen LogP contribution in [0, 0.1) is 0 Å². The molecule has 3 N–H and O–H groups in total. The molecule has 0 amide bonds. The van der Waals surface area contributed by atoms with Crippen LogP contribution in [0.4, 0.5) is 24.7 Å². The molecule has 0 aliphatic rings. The number of halogens is 3. The molecule has 1 rings (SSSR count). The number of anilines is 2. The Kier molecular flexibility index (Phi) is 5.08. The molecule has 9 heteroatoms. The zero-order valence-electron chi connectivity index (χ0n) is 12.1. The third-order valence-corrected chi connectivity index (χ3v) is 2.96. The van der Waals surface area contributed by atoms with Crippen LogP contribution in [0.5, 0.6) is 0 Å². The molecule has 1 heterocycles. The van der Waals surface area contributed by atoms with E-state index in [4.69, 9.17) is 5.73 Å². The van der Waals surface area contributed by atoms with Crippen LogP contribution < -0.4 is 22.3 Å². The first-order valence-electron chi connectivity index (χ1n) is 6.51. The SMILES string of the molecule is CCCn1c(N)c(NC(C)CC(F)(F)F)c(=O)n(C)c1=O. The van der Waals surface area contributed by atoms with E-state index in [1.807, 2.05) is 6.92 Å². The summed E-state index contributed by atoms with van der Waals surface area (Å²) in [6.07, 6.45) is -4.87. The molecule has 6 nitrogen and oxygen atoms in total. The standard InChI is InChI=1S/C12H19F3N4O2/c1-4-5-19-9(16)8(10(20)18(3)11(19)21)17-7(2)6-12(13,14)15/h7,17H,4-6,16H2,1-3H3. The summed E-state index contributed by atoms with van der Waals surface area (Å²) in [5.74, 6) is -0.140. The van der Waals surface area contributed by atoms with E-state index in [0.717, 1.165) is 4.57 Å². The van der Waals surface area contributed by atoms with Crippen molar-refractivity contribution in [3.63, 3.8) is 0 Å². The molecule has 0 radical (unpaired) electrons. The first kappa shape index (κ1) is 17.1. The topological polar surface area (TPSA) is 82.0 Å². The number of nitrogens with one attached hydrogen (secondary N) is 1. The molecule has 1 aromatic rings. The second-order valence-electron chi connectivity index (χ2n) is 4.92. The molecule has 0 bridgehead atoms. The quantitative estimate of drug-likeness (QED) is 0.859. The molecule has 1 atom stereocenters. The van der Waals surface area contributed by atoms with Crippen LogP contribution in [0.3, 0.4) is 0 Å². The lowest BCUT2D eigenvalue weighted by molar-refractivity contribution is -0.136. The minimum atomic E-state index is -4.36. The number of alkyl halides is 3. The van der Waals surface area contributed by atoms with E-state index < -0.39 is 29.9 Å². The second kappa shape index (κ2) is 6.23. The Morgan fingerprint density at radius 2 is 1.90 bits per heavy atom. The molecule has 120 valence electrons. The third-order valence-electron chi connectivity index (χ3n) is 2.96. The van der Waals surface area contributed by atoms with Crippen molar-refractivity contribution >= 4 is 11.5 Å². The van der Waals surface area contributed by atoms with Crippen LogP contribution in [0.25, 0.3) is 0 Å². The zero-order valence-corrected chi connectivity index (χ0v) is 12.1. The highest BCUT2D eigenvalue weighted by Gasteiger charge is 2.30. The van der Waals surface area contributed by atoms with Crippen molar-refractivity contribution in [3.05, 3.63) is 20.8 Å². The predicted octanol–water partition coefficient (Wildman–Crippen LogP) is 1.29. The summed E-state index contributed by atoms with van der Waals surface area (Å²) in [6.45, 7) is 3.39. The highest BCUT2D eigenvalue weighted by molar-refractivity contribution is 5.61. The molecule has 0 fully saturated rings. The Morgan fingerprint density at radius 3 is 2.38 bits per heavy atom. The lowest BCUT2D eigenvalue weighted by Crippen LogP contribution is -2.41. The number of aromatic nitrogens is 2. The van der Waals surface area contributed by atoms with E-state index in [1.165, 1.54) is 18.5 Å². The molecule has 0 aliphatic heterocycles. The van der Waals surface area contributed by atoms with Gasteiger partial charge in [0.15, 0.2) is 0 Å². The highest BCUT2D eigenvalue weighted by Crippen LogP contribution is 2.23. The number of nitrogens with two attached hydrogens (primary N) is 1. The Hall–Kier alpha value is -1.93. The summed E-state index contributed by atoms with van der Waals surface area (Å²) >= 11 is 0. The van der Waals surface area contributed by atoms with Crippen molar-refractivity contribution in [3.8, 4) is 0 Å². The fourth-order valence-electron chi connectivity index (χ4n) is 2.00. The van der Waals surface area contributed by atoms with E-state index in [1.54, 1.807) is 0 Å². The maximum absolute atomic E-state index is 12.3. The highest BCUT2D eigenvalue weighted by atomic mass is 19.4. The van der Waals surface area contributed by atoms with Crippen LogP contribution in [0.15, 0.2) is 9.59 Å². The van der Waals surface area contributed by atoms with Gasteiger partial charge in [-0.2, -0.15) is 13.2 Å². The van der Waals surface area contributed by atoms with Crippen LogP contribution in [-0.2, 0) is 13.6 Å². The average Bonchev–Trinajstić information content (AvgIpc) is 2.35. The summed E-state index contributed by atoms with van der Waals surface area (Å²) in [5, 5.41) is 2.46. The summed E-state index contributed by atoms with van der Waals surface area (Å²) in [7, 11) is 1.26. The van der Waals surface area contributed by atoms with Gasteiger partial charge in [0, 0.05) is 19.6 Å².